The molecular weight excluding hydrogens is 1080 g/mol. The van der Waals surface area contributed by atoms with Gasteiger partial charge in [-0.25, -0.2) is 62.5 Å². The summed E-state index contributed by atoms with van der Waals surface area (Å²) in [6.07, 6.45) is 0. The van der Waals surface area contributed by atoms with Crippen molar-refractivity contribution < 1.29 is 71.1 Å². The van der Waals surface area contributed by atoms with Crippen LogP contribution in [0.3, 0.4) is 0 Å². The first kappa shape index (κ1) is 45.1. The fourth-order valence-corrected chi connectivity index (χ4v) is 9.60. The number of aryl methyl sites for hydroxylation is 1. The van der Waals surface area contributed by atoms with Gasteiger partial charge in [0.15, 0.2) is 63.6 Å². The SMILES string of the molecule is Cc1c(F)c(P)c(F)c(-c2c3nc(c(-c4c(F)c(F)c(F)c(P)c4F)c4ccc([nH]4)c4c(nc5oc6c(C)c(F)c(F)c(F)c6c5c5ccc2[nH]5)oc2c(I)c(F)c(F)c(F)c24)C(=O)O3)c1P. The van der Waals surface area contributed by atoms with Crippen LogP contribution in [0, 0.1) is 87.2 Å². The van der Waals surface area contributed by atoms with Crippen LogP contribution in [0.5, 0.6) is 5.88 Å². The van der Waals surface area contributed by atoms with Crippen molar-refractivity contribution in [2.75, 3.05) is 0 Å². The van der Waals surface area contributed by atoms with Gasteiger partial charge >= 0.3 is 5.97 Å². The fourth-order valence-electron chi connectivity index (χ4n) is 7.95. The minimum atomic E-state index is -2.22. The molecule has 5 aromatic heterocycles. The molecule has 0 fully saturated rings. The van der Waals surface area contributed by atoms with Crippen molar-refractivity contribution in [3.8, 4) is 28.1 Å². The zero-order chi connectivity index (χ0) is 48.1. The zero-order valence-electron chi connectivity index (χ0n) is 33.0. The number of esters is 1. The lowest BCUT2D eigenvalue weighted by Gasteiger charge is -2.14. The highest BCUT2D eigenvalue weighted by Gasteiger charge is 2.35. The number of carbonyl (C=O) groups excluding carboxylic acids is 1. The molecule has 0 saturated heterocycles. The number of halogens is 13. The molecule has 3 atom stereocenters. The number of fused-ring (bicyclic) bond motifs is 14. The molecule has 3 unspecified atom stereocenters. The first-order chi connectivity index (χ1) is 31.7. The maximum absolute atomic E-state index is 16.6. The quantitative estimate of drug-likeness (QED) is 0.0446. The standard InChI is InChI=1S/C43H18F12IN4O4P3/c1-7-21(44)28(51)24(47)18-14-10-5-6-12(58-10)16(20-27(50)38(66)22(45)8(2)37(20)65)40-59-34(43(61)64-40)13(17-23(46)30(53)32(55)39(67)26(17)49)9-3-4-11(57-9)15-19-25(48)29(52)31(54)33(56)36(19)63-42(15)60-41(14)62-35(7)18/h3-6,57-58H,65-67H2,1-2H3. The predicted octanol–water partition coefficient (Wildman–Crippen LogP) is 11.7. The van der Waals surface area contributed by atoms with Crippen molar-refractivity contribution in [3.63, 3.8) is 0 Å². The fraction of sp³-hybridized carbons (Fsp3) is 0.0465. The Morgan fingerprint density at radius 3 is 1.58 bits per heavy atom. The Balaban J connectivity index is 1.56. The molecule has 0 saturated carbocycles. The zero-order valence-corrected chi connectivity index (χ0v) is 38.6. The molecule has 6 heterocycles. The summed E-state index contributed by atoms with van der Waals surface area (Å²) in [5.41, 5.74) is -9.89. The number of hydrogen-bond acceptors (Lipinski definition) is 6. The van der Waals surface area contributed by atoms with Gasteiger partial charge in [-0.2, -0.15) is 4.98 Å². The van der Waals surface area contributed by atoms with Gasteiger partial charge in [0, 0.05) is 32.8 Å². The average Bonchev–Trinajstić information content (AvgIpc) is 4.17. The smallest absolute Gasteiger partial charge is 0.364 e. The number of nitrogens with zero attached hydrogens (tertiary/aromatic N) is 2. The van der Waals surface area contributed by atoms with Crippen LogP contribution in [-0.4, -0.2) is 25.9 Å². The van der Waals surface area contributed by atoms with Gasteiger partial charge in [0.1, 0.15) is 23.0 Å². The second-order valence-electron chi connectivity index (χ2n) is 14.9. The van der Waals surface area contributed by atoms with Crippen LogP contribution in [0.4, 0.5) is 52.7 Å². The molecule has 8 nitrogen and oxygen atoms in total. The molecule has 1 aliphatic heterocycles. The van der Waals surface area contributed by atoms with Gasteiger partial charge in [-0.15, -0.1) is 9.24 Å². The van der Waals surface area contributed by atoms with Crippen molar-refractivity contribution in [2.45, 2.75) is 13.8 Å². The molecule has 340 valence electrons. The van der Waals surface area contributed by atoms with Crippen molar-refractivity contribution in [2.24, 2.45) is 0 Å². The lowest BCUT2D eigenvalue weighted by atomic mass is 10.0. The van der Waals surface area contributed by atoms with Crippen LogP contribution in [0.2, 0.25) is 0 Å². The second-order valence-corrected chi connectivity index (χ2v) is 17.7. The first-order valence-electron chi connectivity index (χ1n) is 18.7. The predicted molar refractivity (Wildman–Crippen MR) is 241 cm³/mol. The Morgan fingerprint density at radius 2 is 0.970 bits per heavy atom. The molecule has 6 bridgehead atoms. The molecule has 9 aromatic rings. The number of H-pyrrole nitrogens is 2. The van der Waals surface area contributed by atoms with Crippen LogP contribution in [-0.2, 0) is 0 Å². The van der Waals surface area contributed by atoms with Crippen molar-refractivity contribution in [1.29, 1.82) is 0 Å². The van der Waals surface area contributed by atoms with Gasteiger partial charge in [-0.3, -0.25) is 0 Å². The van der Waals surface area contributed by atoms with Crippen molar-refractivity contribution in [3.05, 3.63) is 114 Å². The summed E-state index contributed by atoms with van der Waals surface area (Å²) >= 11 is 1.29. The normalized spacial score (nSPS) is 12.5. The third-order valence-corrected chi connectivity index (χ3v) is 13.9. The topological polar surface area (TPSA) is 110 Å². The molecule has 24 heteroatoms. The number of ether oxygens (including phenoxy) is 1. The van der Waals surface area contributed by atoms with Gasteiger partial charge in [0.05, 0.1) is 52.8 Å². The van der Waals surface area contributed by atoms with Crippen LogP contribution in [0.25, 0.3) is 88.5 Å². The molecule has 2 N–H and O–H groups in total. The van der Waals surface area contributed by atoms with Crippen molar-refractivity contribution in [1.82, 2.24) is 19.9 Å². The molecule has 0 aliphatic carbocycles. The van der Waals surface area contributed by atoms with Crippen molar-refractivity contribution >= 4 is 138 Å². The highest BCUT2D eigenvalue weighted by molar-refractivity contribution is 14.1. The second kappa shape index (κ2) is 15.7. The van der Waals surface area contributed by atoms with Gasteiger partial charge in [0.25, 0.3) is 0 Å². The maximum atomic E-state index is 16.6. The number of carbonyl (C=O) groups is 1. The Bertz CT molecular complexity index is 3940. The minimum Gasteiger partial charge on any atom is -0.437 e. The number of hydrogen-bond donors (Lipinski definition) is 2. The van der Waals surface area contributed by atoms with E-state index in [0.29, 0.717) is 0 Å². The molecule has 4 aromatic carbocycles. The van der Waals surface area contributed by atoms with E-state index in [9.17, 15) is 9.18 Å². The van der Waals surface area contributed by atoms with Gasteiger partial charge < -0.3 is 23.5 Å². The van der Waals surface area contributed by atoms with E-state index in [0.717, 1.165) is 31.2 Å². The first-order valence-corrected chi connectivity index (χ1v) is 21.5. The van der Waals surface area contributed by atoms with E-state index in [4.69, 9.17) is 13.6 Å². The van der Waals surface area contributed by atoms with E-state index in [1.807, 2.05) is 9.24 Å². The number of aromatic nitrogens is 4. The number of aromatic amines is 2. The molecule has 0 amide bonds. The van der Waals surface area contributed by atoms with Crippen LogP contribution >= 0.6 is 50.3 Å². The summed E-state index contributed by atoms with van der Waals surface area (Å²) in [4.78, 5) is 28.2. The molecule has 0 radical (unpaired) electrons. The van der Waals surface area contributed by atoms with Gasteiger partial charge in [-0.1, -0.05) is 18.5 Å². The molecule has 67 heavy (non-hydrogen) atoms. The summed E-state index contributed by atoms with van der Waals surface area (Å²) in [5, 5.41) is -4.71. The summed E-state index contributed by atoms with van der Waals surface area (Å²) in [5.74, 6) is -23.9. The Labute approximate surface area is 384 Å². The van der Waals surface area contributed by atoms with E-state index >= 15 is 48.3 Å². The Hall–Kier alpha value is -5.75. The molecule has 1 aliphatic rings. The van der Waals surface area contributed by atoms with Crippen LogP contribution in [0.1, 0.15) is 21.6 Å². The van der Waals surface area contributed by atoms with E-state index in [-0.39, 0.29) is 21.9 Å². The Kier molecular flexibility index (Phi) is 10.5. The number of furan rings is 2. The largest absolute Gasteiger partial charge is 0.437 e. The number of nitrogens with one attached hydrogen (secondary N) is 2. The van der Waals surface area contributed by atoms with E-state index in [1.54, 1.807) is 9.24 Å². The van der Waals surface area contributed by atoms with E-state index < -0.39 is 185 Å². The molecule has 10 rings (SSSR count). The maximum Gasteiger partial charge on any atom is 0.364 e. The van der Waals surface area contributed by atoms with E-state index in [2.05, 4.69) is 29.2 Å². The van der Waals surface area contributed by atoms with Gasteiger partial charge in [0.2, 0.25) is 17.3 Å². The average molecular weight is 1100 g/mol. The summed E-state index contributed by atoms with van der Waals surface area (Å²) in [6.45, 7) is 2.30. The monoisotopic (exact) mass is 1100 g/mol. The minimum absolute atomic E-state index is 0.165. The number of benzene rings is 4. The lowest BCUT2D eigenvalue weighted by Crippen LogP contribution is -2.18. The van der Waals surface area contributed by atoms with Crippen LogP contribution < -0.4 is 20.7 Å². The number of rotatable bonds is 2. The third-order valence-electron chi connectivity index (χ3n) is 11.2. The lowest BCUT2D eigenvalue weighted by molar-refractivity contribution is 0.0755. The summed E-state index contributed by atoms with van der Waals surface area (Å²) in [6, 6.07) is 4.29. The third kappa shape index (κ3) is 6.29. The highest BCUT2D eigenvalue weighted by Crippen LogP contribution is 2.44. The highest BCUT2D eigenvalue weighted by atomic mass is 127. The summed E-state index contributed by atoms with van der Waals surface area (Å²) in [7, 11) is 5.54. The summed E-state index contributed by atoms with van der Waals surface area (Å²) < 4.78 is 204. The van der Waals surface area contributed by atoms with Crippen LogP contribution in [0.15, 0.2) is 33.1 Å². The molecular formula is C43H18F12IN4O4P3. The Morgan fingerprint density at radius 1 is 0.478 bits per heavy atom. The van der Waals surface area contributed by atoms with E-state index in [1.165, 1.54) is 29.5 Å². The van der Waals surface area contributed by atoms with Gasteiger partial charge in [-0.05, 0) is 71.6 Å². The molecule has 0 spiro atoms.